The normalized spacial score (nSPS) is 21.7. The van der Waals surface area contributed by atoms with Gasteiger partial charge in [0.25, 0.3) is 0 Å². The third kappa shape index (κ3) is 4.70. The van der Waals surface area contributed by atoms with Crippen molar-refractivity contribution in [2.75, 3.05) is 25.0 Å². The number of carbonyl (C=O) groups is 1. The van der Waals surface area contributed by atoms with Crippen LogP contribution in [0.2, 0.25) is 0 Å². The quantitative estimate of drug-likeness (QED) is 0.875. The molecule has 1 aromatic carbocycles. The highest BCUT2D eigenvalue weighted by Gasteiger charge is 2.29. The van der Waals surface area contributed by atoms with E-state index in [-0.39, 0.29) is 18.3 Å². The zero-order chi connectivity index (χ0) is 15.4. The highest BCUT2D eigenvalue weighted by atomic mass is 35.5. The summed E-state index contributed by atoms with van der Waals surface area (Å²) in [4.78, 5) is 14.5. The van der Waals surface area contributed by atoms with Crippen molar-refractivity contribution in [3.05, 3.63) is 29.8 Å². The molecule has 1 amide bonds. The Morgan fingerprint density at radius 2 is 2.09 bits per heavy atom. The lowest BCUT2D eigenvalue weighted by Crippen LogP contribution is -2.36. The fourth-order valence-corrected chi connectivity index (χ4v) is 3.10. The molecule has 1 aliphatic heterocycles. The van der Waals surface area contributed by atoms with E-state index in [1.807, 2.05) is 18.2 Å². The highest BCUT2D eigenvalue weighted by molar-refractivity contribution is 5.93. The van der Waals surface area contributed by atoms with E-state index in [2.05, 4.69) is 37.1 Å². The van der Waals surface area contributed by atoms with Crippen molar-refractivity contribution in [2.45, 2.75) is 39.2 Å². The molecule has 0 saturated carbocycles. The maximum atomic E-state index is 12.3. The van der Waals surface area contributed by atoms with Crippen molar-refractivity contribution in [1.82, 2.24) is 4.90 Å². The summed E-state index contributed by atoms with van der Waals surface area (Å²) >= 11 is 0. The maximum absolute atomic E-state index is 12.3. The van der Waals surface area contributed by atoms with Crippen molar-refractivity contribution in [2.24, 2.45) is 11.7 Å². The van der Waals surface area contributed by atoms with Gasteiger partial charge in [-0.15, -0.1) is 12.4 Å². The second-order valence-corrected chi connectivity index (χ2v) is 6.41. The molecule has 1 fully saturated rings. The molecule has 0 bridgehead atoms. The molecule has 5 heteroatoms. The van der Waals surface area contributed by atoms with Gasteiger partial charge in [-0.05, 0) is 43.4 Å². The minimum atomic E-state index is 0. The predicted octanol–water partition coefficient (Wildman–Crippen LogP) is 2.84. The average molecular weight is 326 g/mol. The Balaban J connectivity index is 0.00000242. The van der Waals surface area contributed by atoms with Gasteiger partial charge in [-0.2, -0.15) is 0 Å². The second kappa shape index (κ2) is 8.51. The summed E-state index contributed by atoms with van der Waals surface area (Å²) in [6, 6.07) is 8.46. The summed E-state index contributed by atoms with van der Waals surface area (Å²) in [6.45, 7) is 8.53. The van der Waals surface area contributed by atoms with Crippen LogP contribution in [0.15, 0.2) is 24.3 Å². The molecule has 0 aliphatic carbocycles. The molecule has 0 spiro atoms. The van der Waals surface area contributed by atoms with Crippen LogP contribution in [0.25, 0.3) is 0 Å². The molecule has 2 rings (SSSR count). The molecule has 2 unspecified atom stereocenters. The van der Waals surface area contributed by atoms with Crippen molar-refractivity contribution in [1.29, 1.82) is 0 Å². The van der Waals surface area contributed by atoms with Gasteiger partial charge in [-0.25, -0.2) is 0 Å². The first-order chi connectivity index (χ1) is 10.0. The molecule has 2 atom stereocenters. The first-order valence-electron chi connectivity index (χ1n) is 7.84. The number of halogens is 1. The van der Waals surface area contributed by atoms with Gasteiger partial charge in [0.1, 0.15) is 0 Å². The van der Waals surface area contributed by atoms with E-state index in [0.717, 1.165) is 18.7 Å². The number of rotatable bonds is 5. The topological polar surface area (TPSA) is 58.4 Å². The van der Waals surface area contributed by atoms with E-state index in [4.69, 9.17) is 5.73 Å². The van der Waals surface area contributed by atoms with E-state index in [1.165, 1.54) is 5.56 Å². The number of nitrogens with two attached hydrogens (primary N) is 1. The SMILES string of the molecule is CC(C)c1ccccc1NC(=O)CN1CC(CN)CC1C.Cl. The number of nitrogens with zero attached hydrogens (tertiary/aromatic N) is 1. The van der Waals surface area contributed by atoms with Gasteiger partial charge >= 0.3 is 0 Å². The Morgan fingerprint density at radius 1 is 1.41 bits per heavy atom. The molecule has 124 valence electrons. The van der Waals surface area contributed by atoms with Crippen LogP contribution in [0.4, 0.5) is 5.69 Å². The van der Waals surface area contributed by atoms with Crippen LogP contribution >= 0.6 is 12.4 Å². The summed E-state index contributed by atoms with van der Waals surface area (Å²) in [5.74, 6) is 0.984. The molecule has 1 aliphatic rings. The number of para-hydroxylation sites is 1. The molecule has 4 nitrogen and oxygen atoms in total. The Labute approximate surface area is 139 Å². The van der Waals surface area contributed by atoms with Gasteiger partial charge in [0.2, 0.25) is 5.91 Å². The number of likely N-dealkylation sites (tertiary alicyclic amines) is 1. The largest absolute Gasteiger partial charge is 0.330 e. The van der Waals surface area contributed by atoms with Gasteiger partial charge in [-0.3, -0.25) is 9.69 Å². The van der Waals surface area contributed by atoms with Gasteiger partial charge in [-0.1, -0.05) is 32.0 Å². The van der Waals surface area contributed by atoms with Crippen LogP contribution in [0.3, 0.4) is 0 Å². The summed E-state index contributed by atoms with van der Waals surface area (Å²) in [6.07, 6.45) is 1.09. The molecular formula is C17H28ClN3O. The Bertz CT molecular complexity index is 493. The molecule has 22 heavy (non-hydrogen) atoms. The predicted molar refractivity (Wildman–Crippen MR) is 94.6 cm³/mol. The first-order valence-corrected chi connectivity index (χ1v) is 7.84. The summed E-state index contributed by atoms with van der Waals surface area (Å²) in [5, 5.41) is 3.06. The lowest BCUT2D eigenvalue weighted by atomic mass is 10.0. The minimum absolute atomic E-state index is 0. The highest BCUT2D eigenvalue weighted by Crippen LogP contribution is 2.25. The lowest BCUT2D eigenvalue weighted by molar-refractivity contribution is -0.117. The van der Waals surface area contributed by atoms with Crippen molar-refractivity contribution in [3.8, 4) is 0 Å². The van der Waals surface area contributed by atoms with E-state index in [1.54, 1.807) is 0 Å². The smallest absolute Gasteiger partial charge is 0.238 e. The van der Waals surface area contributed by atoms with Gasteiger partial charge in [0.15, 0.2) is 0 Å². The monoisotopic (exact) mass is 325 g/mol. The van der Waals surface area contributed by atoms with E-state index < -0.39 is 0 Å². The molecule has 0 radical (unpaired) electrons. The van der Waals surface area contributed by atoms with Crippen LogP contribution in [0, 0.1) is 5.92 Å². The number of hydrogen-bond donors (Lipinski definition) is 2. The van der Waals surface area contributed by atoms with Gasteiger partial charge in [0.05, 0.1) is 6.54 Å². The Morgan fingerprint density at radius 3 is 2.68 bits per heavy atom. The van der Waals surface area contributed by atoms with Gasteiger partial charge in [0, 0.05) is 18.3 Å². The van der Waals surface area contributed by atoms with Gasteiger partial charge < -0.3 is 11.1 Å². The molecule has 1 heterocycles. The number of benzene rings is 1. The Hall–Kier alpha value is -1.10. The molecule has 0 aromatic heterocycles. The van der Waals surface area contributed by atoms with E-state index in [0.29, 0.717) is 31.0 Å². The third-order valence-corrected chi connectivity index (χ3v) is 4.33. The summed E-state index contributed by atoms with van der Waals surface area (Å²) in [7, 11) is 0. The van der Waals surface area contributed by atoms with Crippen LogP contribution in [0.5, 0.6) is 0 Å². The zero-order valence-electron chi connectivity index (χ0n) is 13.7. The number of carbonyl (C=O) groups excluding carboxylic acids is 1. The first kappa shape index (κ1) is 18.9. The van der Waals surface area contributed by atoms with Crippen molar-refractivity contribution >= 4 is 24.0 Å². The van der Waals surface area contributed by atoms with Crippen LogP contribution in [0.1, 0.15) is 38.7 Å². The standard InChI is InChI=1S/C17H27N3O.ClH/c1-12(2)15-6-4-5-7-16(15)19-17(21)11-20-10-14(9-18)8-13(20)3;/h4-7,12-14H,8-11,18H2,1-3H3,(H,19,21);1H. The van der Waals surface area contributed by atoms with Crippen molar-refractivity contribution in [3.63, 3.8) is 0 Å². The molecular weight excluding hydrogens is 298 g/mol. The van der Waals surface area contributed by atoms with Crippen molar-refractivity contribution < 1.29 is 4.79 Å². The van der Waals surface area contributed by atoms with Crippen LogP contribution in [-0.4, -0.2) is 36.5 Å². The average Bonchev–Trinajstić information content (AvgIpc) is 2.79. The van der Waals surface area contributed by atoms with Crippen LogP contribution < -0.4 is 11.1 Å². The lowest BCUT2D eigenvalue weighted by Gasteiger charge is -2.21. The summed E-state index contributed by atoms with van der Waals surface area (Å²) < 4.78 is 0. The fraction of sp³-hybridized carbons (Fsp3) is 0.588. The number of hydrogen-bond acceptors (Lipinski definition) is 3. The molecule has 3 N–H and O–H groups in total. The maximum Gasteiger partial charge on any atom is 0.238 e. The Kier molecular flexibility index (Phi) is 7.33. The number of amides is 1. The summed E-state index contributed by atoms with van der Waals surface area (Å²) in [5.41, 5.74) is 7.85. The van der Waals surface area contributed by atoms with E-state index in [9.17, 15) is 4.79 Å². The van der Waals surface area contributed by atoms with Crippen LogP contribution in [-0.2, 0) is 4.79 Å². The molecule has 1 aromatic rings. The minimum Gasteiger partial charge on any atom is -0.330 e. The zero-order valence-corrected chi connectivity index (χ0v) is 14.5. The third-order valence-electron chi connectivity index (χ3n) is 4.33. The fourth-order valence-electron chi connectivity index (χ4n) is 3.10. The number of anilines is 1. The van der Waals surface area contributed by atoms with E-state index >= 15 is 0 Å². The molecule has 1 saturated heterocycles. The second-order valence-electron chi connectivity index (χ2n) is 6.41. The number of nitrogens with one attached hydrogen (secondary N) is 1.